The van der Waals surface area contributed by atoms with Crippen LogP contribution < -0.4 is 0 Å². The molecule has 0 spiro atoms. The average Bonchev–Trinajstić information content (AvgIpc) is 3.97. The minimum absolute atomic E-state index is 0.582. The first-order chi connectivity index (χ1) is 29.2. The molecule has 0 radical (unpaired) electrons. The Hall–Kier alpha value is -7.41. The first-order valence-corrected chi connectivity index (χ1v) is 20.8. The quantitative estimate of drug-likeness (QED) is 0.162. The molecule has 5 nitrogen and oxygen atoms in total. The van der Waals surface area contributed by atoms with Crippen LogP contribution in [0.25, 0.3) is 92.4 Å². The maximum Gasteiger partial charge on any atom is 0.163 e. The summed E-state index contributed by atoms with van der Waals surface area (Å²) in [5.74, 6) is 2.11. The molecule has 0 aliphatic heterocycles. The van der Waals surface area contributed by atoms with Gasteiger partial charge in [-0.15, -0.1) is 11.3 Å². The summed E-state index contributed by atoms with van der Waals surface area (Å²) in [5, 5.41) is 7.30. The maximum absolute atomic E-state index is 6.67. The van der Waals surface area contributed by atoms with Crippen LogP contribution in [-0.4, -0.2) is 19.5 Å². The zero-order valence-corrected chi connectivity index (χ0v) is 32.7. The van der Waals surface area contributed by atoms with E-state index in [0.29, 0.717) is 18.1 Å². The van der Waals surface area contributed by atoms with Gasteiger partial charge in [-0.3, -0.25) is 0 Å². The van der Waals surface area contributed by atoms with Gasteiger partial charge in [-0.05, 0) is 65.6 Å². The Morgan fingerprint density at radius 3 is 1.66 bits per heavy atom. The Labute approximate surface area is 343 Å². The number of aromatic nitrogens is 4. The van der Waals surface area contributed by atoms with Crippen molar-refractivity contribution >= 4 is 75.3 Å². The lowest BCUT2D eigenvalue weighted by Crippen LogP contribution is -2.04. The molecule has 12 rings (SSSR count). The Balaban J connectivity index is 0.956. The van der Waals surface area contributed by atoms with Crippen LogP contribution in [0.3, 0.4) is 0 Å². The van der Waals surface area contributed by atoms with Crippen LogP contribution in [0.2, 0.25) is 0 Å². The van der Waals surface area contributed by atoms with E-state index in [2.05, 4.69) is 150 Å². The van der Waals surface area contributed by atoms with E-state index < -0.39 is 0 Å². The van der Waals surface area contributed by atoms with Crippen molar-refractivity contribution in [2.45, 2.75) is 12.8 Å². The van der Waals surface area contributed by atoms with Gasteiger partial charge in [0, 0.05) is 53.9 Å². The molecule has 0 amide bonds. The van der Waals surface area contributed by atoms with Crippen LogP contribution in [0.4, 0.5) is 0 Å². The monoisotopic (exact) mass is 774 g/mol. The highest BCUT2D eigenvalue weighted by atomic mass is 32.1. The fraction of sp³-hybridized carbons (Fsp3) is 0.0377. The SMILES string of the molecule is c1ccc(-c2nc(Cc3cccc4sc5cccc(Cc6ccc7c(c6)oc6cccc(-n8c9ccccc9c9ccccc98)c67)c5c34)nc(-c3ccccc3)n2)cc1. The molecule has 0 saturated carbocycles. The topological polar surface area (TPSA) is 56.7 Å². The number of fused-ring (bicyclic) bond motifs is 9. The van der Waals surface area contributed by atoms with Crippen LogP contribution in [0, 0.1) is 0 Å². The van der Waals surface area contributed by atoms with Gasteiger partial charge in [-0.25, -0.2) is 15.0 Å². The molecule has 0 bridgehead atoms. The molecule has 0 saturated heterocycles. The van der Waals surface area contributed by atoms with Crippen molar-refractivity contribution in [1.29, 1.82) is 0 Å². The average molecular weight is 775 g/mol. The zero-order valence-electron chi connectivity index (χ0n) is 31.8. The predicted octanol–water partition coefficient (Wildman–Crippen LogP) is 13.8. The predicted molar refractivity (Wildman–Crippen MR) is 244 cm³/mol. The van der Waals surface area contributed by atoms with Gasteiger partial charge in [-0.1, -0.05) is 140 Å². The molecule has 0 fully saturated rings. The number of benzene rings is 8. The van der Waals surface area contributed by atoms with Crippen molar-refractivity contribution in [1.82, 2.24) is 19.5 Å². The molecule has 0 aliphatic rings. The van der Waals surface area contributed by atoms with Gasteiger partial charge < -0.3 is 8.98 Å². The first kappa shape index (κ1) is 33.7. The summed E-state index contributed by atoms with van der Waals surface area (Å²) in [7, 11) is 0. The molecule has 0 aliphatic carbocycles. The van der Waals surface area contributed by atoms with Crippen LogP contribution in [0.1, 0.15) is 22.5 Å². The van der Waals surface area contributed by atoms with Gasteiger partial charge in [0.25, 0.3) is 0 Å². The minimum atomic E-state index is 0.582. The smallest absolute Gasteiger partial charge is 0.163 e. The second-order valence-corrected chi connectivity index (χ2v) is 16.2. The van der Waals surface area contributed by atoms with E-state index >= 15 is 0 Å². The van der Waals surface area contributed by atoms with E-state index in [4.69, 9.17) is 19.4 Å². The largest absolute Gasteiger partial charge is 0.456 e. The number of furan rings is 1. The molecule has 12 aromatic rings. The molecule has 278 valence electrons. The summed E-state index contributed by atoms with van der Waals surface area (Å²) < 4.78 is 11.6. The number of hydrogen-bond acceptors (Lipinski definition) is 5. The summed E-state index contributed by atoms with van der Waals surface area (Å²) in [5.41, 5.74) is 10.9. The van der Waals surface area contributed by atoms with E-state index in [0.717, 1.165) is 51.0 Å². The third-order valence-electron chi connectivity index (χ3n) is 11.5. The molecule has 6 heteroatoms. The molecule has 0 atom stereocenters. The first-order valence-electron chi connectivity index (χ1n) is 19.9. The summed E-state index contributed by atoms with van der Waals surface area (Å²) >= 11 is 1.84. The molecular formula is C53H34N4OS. The second kappa shape index (κ2) is 13.6. The second-order valence-electron chi connectivity index (χ2n) is 15.1. The molecule has 4 heterocycles. The van der Waals surface area contributed by atoms with Crippen LogP contribution in [0.5, 0.6) is 0 Å². The molecule has 8 aromatic carbocycles. The van der Waals surface area contributed by atoms with Crippen LogP contribution in [-0.2, 0) is 12.8 Å². The standard InChI is InChI=1S/C53H34N4OS/c1-3-14-34(15-4-1)52-54-48(55-53(56-52)35-16-5-2-6-17-35)32-37-19-12-27-47-50(37)49-36(18-11-26-46(49)59-47)30-33-28-29-40-45(31-33)58-44-25-13-24-43(51(40)44)57-41-22-9-7-20-38(41)39-21-8-10-23-42(39)57/h1-29,31H,30,32H2. The Kier molecular flexibility index (Phi) is 7.78. The van der Waals surface area contributed by atoms with E-state index in [1.807, 2.05) is 47.7 Å². The van der Waals surface area contributed by atoms with Crippen molar-refractivity contribution in [3.05, 3.63) is 205 Å². The van der Waals surface area contributed by atoms with Gasteiger partial charge in [0.05, 0.1) is 22.1 Å². The summed E-state index contributed by atoms with van der Waals surface area (Å²) in [4.78, 5) is 15.0. The normalized spacial score (nSPS) is 11.9. The lowest BCUT2D eigenvalue weighted by atomic mass is 9.96. The zero-order chi connectivity index (χ0) is 38.9. The number of para-hydroxylation sites is 2. The fourth-order valence-corrected chi connectivity index (χ4v) is 10.2. The number of rotatable bonds is 7. The number of hydrogen-bond donors (Lipinski definition) is 0. The van der Waals surface area contributed by atoms with Crippen molar-refractivity contribution < 1.29 is 4.42 Å². The summed E-state index contributed by atoms with van der Waals surface area (Å²) in [6.07, 6.45) is 1.35. The molecule has 59 heavy (non-hydrogen) atoms. The lowest BCUT2D eigenvalue weighted by Gasteiger charge is -2.10. The highest BCUT2D eigenvalue weighted by Crippen LogP contribution is 2.41. The van der Waals surface area contributed by atoms with Gasteiger partial charge >= 0.3 is 0 Å². The molecule has 0 unspecified atom stereocenters. The minimum Gasteiger partial charge on any atom is -0.456 e. The van der Waals surface area contributed by atoms with E-state index in [1.54, 1.807) is 0 Å². The summed E-state index contributed by atoms with van der Waals surface area (Å²) in [6, 6.07) is 64.2. The number of thiophene rings is 1. The van der Waals surface area contributed by atoms with E-state index in [9.17, 15) is 0 Å². The van der Waals surface area contributed by atoms with Crippen molar-refractivity contribution in [2.24, 2.45) is 0 Å². The van der Waals surface area contributed by atoms with Crippen molar-refractivity contribution in [3.8, 4) is 28.5 Å². The van der Waals surface area contributed by atoms with Gasteiger partial charge in [0.1, 0.15) is 17.0 Å². The van der Waals surface area contributed by atoms with Crippen LogP contribution >= 0.6 is 11.3 Å². The van der Waals surface area contributed by atoms with Gasteiger partial charge in [0.2, 0.25) is 0 Å². The number of nitrogens with zero attached hydrogens (tertiary/aromatic N) is 4. The Bertz CT molecular complexity index is 3450. The Morgan fingerprint density at radius 1 is 0.441 bits per heavy atom. The van der Waals surface area contributed by atoms with Gasteiger partial charge in [-0.2, -0.15) is 0 Å². The molecular weight excluding hydrogens is 741 g/mol. The van der Waals surface area contributed by atoms with Gasteiger partial charge in [0.15, 0.2) is 11.6 Å². The molecule has 0 N–H and O–H groups in total. The third-order valence-corrected chi connectivity index (χ3v) is 12.7. The summed E-state index contributed by atoms with van der Waals surface area (Å²) in [6.45, 7) is 0. The van der Waals surface area contributed by atoms with Crippen LogP contribution in [0.15, 0.2) is 186 Å². The van der Waals surface area contributed by atoms with E-state index in [-0.39, 0.29) is 0 Å². The van der Waals surface area contributed by atoms with Crippen molar-refractivity contribution in [2.75, 3.05) is 0 Å². The highest BCUT2D eigenvalue weighted by Gasteiger charge is 2.20. The van der Waals surface area contributed by atoms with E-state index in [1.165, 1.54) is 58.7 Å². The third kappa shape index (κ3) is 5.64. The van der Waals surface area contributed by atoms with Crippen molar-refractivity contribution in [3.63, 3.8) is 0 Å². The molecule has 4 aromatic heterocycles. The fourth-order valence-electron chi connectivity index (χ4n) is 8.96. The highest BCUT2D eigenvalue weighted by molar-refractivity contribution is 7.25. The lowest BCUT2D eigenvalue weighted by molar-refractivity contribution is 0.668. The maximum atomic E-state index is 6.67. The Morgan fingerprint density at radius 2 is 1.02 bits per heavy atom.